The molecule has 0 aliphatic carbocycles. The molecular formula is C67H94F4N8O17S. The highest BCUT2D eigenvalue weighted by atomic mass is 32.2. The summed E-state index contributed by atoms with van der Waals surface area (Å²) in [6.07, 6.45) is 2.95. The van der Waals surface area contributed by atoms with Crippen molar-refractivity contribution in [2.24, 2.45) is 21.6 Å². The highest BCUT2D eigenvalue weighted by Crippen LogP contribution is 2.35. The largest absolute Gasteiger partial charge is 0.497 e. The number of fused-ring (bicyclic) bond motifs is 1. The summed E-state index contributed by atoms with van der Waals surface area (Å²) in [6, 6.07) is 18.0. The smallest absolute Gasteiger partial charge is 0.313 e. The standard InChI is InChI=1S/C67H94F4N8O17S/c1-6-18-78(66(81)53-40-52-12-11-51(42-59(52)75-61(72)43-53)50-9-7-10-55(41-50)97(82,83)79-47-49(48-79)46-77(2)3)19-8-16-73-67(76-58-14-13-54(84-4)44-60(58)85-5)74-17-21-87-23-25-89-27-29-91-31-33-93-35-37-95-39-38-94-36-34-92-32-30-90-28-26-88-24-22-86-20-15-62(80)96-65-63(70)56(68)45-57(69)64(65)71/h7,9-14,40-42,44-45,49H,6,8,15-39,43,46-48H2,1-5H3,(H2,72,75)(H2,73,74,76). The van der Waals surface area contributed by atoms with Gasteiger partial charge in [0.1, 0.15) is 23.0 Å². The van der Waals surface area contributed by atoms with Gasteiger partial charge in [-0.1, -0.05) is 31.2 Å². The zero-order valence-electron chi connectivity index (χ0n) is 56.1. The fourth-order valence-electron chi connectivity index (χ4n) is 9.73. The van der Waals surface area contributed by atoms with E-state index in [0.717, 1.165) is 29.7 Å². The molecule has 0 saturated carbocycles. The van der Waals surface area contributed by atoms with E-state index in [2.05, 4.69) is 20.3 Å². The average Bonchev–Trinajstić information content (AvgIpc) is 0.949. The molecule has 30 heteroatoms. The monoisotopic (exact) mass is 1390 g/mol. The predicted molar refractivity (Wildman–Crippen MR) is 355 cm³/mol. The van der Waals surface area contributed by atoms with Crippen molar-refractivity contribution >= 4 is 51.1 Å². The van der Waals surface area contributed by atoms with Crippen LogP contribution in [0.3, 0.4) is 0 Å². The fraction of sp³-hybridized carbons (Fsp3) is 0.552. The molecule has 97 heavy (non-hydrogen) atoms. The van der Waals surface area contributed by atoms with Gasteiger partial charge in [-0.3, -0.25) is 9.59 Å². The minimum Gasteiger partial charge on any atom is -0.497 e. The second-order valence-electron chi connectivity index (χ2n) is 22.3. The number of methoxy groups -OCH3 is 2. The van der Waals surface area contributed by atoms with Gasteiger partial charge < -0.3 is 87.7 Å². The average molecular weight is 1390 g/mol. The molecule has 538 valence electrons. The minimum absolute atomic E-state index is 0.0143. The number of benzene rings is 4. The molecule has 0 spiro atoms. The summed E-state index contributed by atoms with van der Waals surface area (Å²) in [5, 5.41) is 6.74. The van der Waals surface area contributed by atoms with Crippen LogP contribution in [0.4, 0.5) is 28.9 Å². The van der Waals surface area contributed by atoms with E-state index >= 15 is 0 Å². The lowest BCUT2D eigenvalue weighted by Gasteiger charge is -2.39. The van der Waals surface area contributed by atoms with Gasteiger partial charge in [0.15, 0.2) is 17.6 Å². The Hall–Kier alpha value is -6.91. The number of carbonyl (C=O) groups is 2. The van der Waals surface area contributed by atoms with E-state index < -0.39 is 51.4 Å². The van der Waals surface area contributed by atoms with Gasteiger partial charge >= 0.3 is 5.97 Å². The number of aliphatic imine (C=N–C) groups is 2. The van der Waals surface area contributed by atoms with Gasteiger partial charge in [-0.2, -0.15) is 13.1 Å². The molecule has 0 bridgehead atoms. The molecule has 2 aliphatic rings. The Balaban J connectivity index is 0.766. The number of rotatable bonds is 49. The molecule has 2 heterocycles. The van der Waals surface area contributed by atoms with Gasteiger partial charge in [0.05, 0.1) is 163 Å². The van der Waals surface area contributed by atoms with Gasteiger partial charge in [0.2, 0.25) is 33.3 Å². The molecule has 4 N–H and O–H groups in total. The number of carbonyl (C=O) groups excluding carboxylic acids is 2. The van der Waals surface area contributed by atoms with Crippen LogP contribution in [0, 0.1) is 29.2 Å². The van der Waals surface area contributed by atoms with E-state index in [1.165, 1.54) is 4.31 Å². The lowest BCUT2D eigenvalue weighted by atomic mass is 10.0. The first-order chi connectivity index (χ1) is 47.0. The van der Waals surface area contributed by atoms with E-state index in [1.54, 1.807) is 50.6 Å². The molecule has 6 rings (SSSR count). The number of sulfonamides is 1. The number of esters is 1. The number of nitrogens with two attached hydrogens (primary N) is 1. The third kappa shape index (κ3) is 28.1. The van der Waals surface area contributed by atoms with E-state index in [1.807, 2.05) is 56.3 Å². The second kappa shape index (κ2) is 44.2. The van der Waals surface area contributed by atoms with E-state index in [-0.39, 0.29) is 49.7 Å². The van der Waals surface area contributed by atoms with Gasteiger partial charge in [0, 0.05) is 75.5 Å². The summed E-state index contributed by atoms with van der Waals surface area (Å²) in [5.41, 5.74) is 10.4. The van der Waals surface area contributed by atoms with Crippen molar-refractivity contribution in [2.45, 2.75) is 37.5 Å². The van der Waals surface area contributed by atoms with Gasteiger partial charge in [0.25, 0.3) is 0 Å². The predicted octanol–water partition coefficient (Wildman–Crippen LogP) is 6.54. The van der Waals surface area contributed by atoms with Gasteiger partial charge in [-0.15, -0.1) is 0 Å². The van der Waals surface area contributed by atoms with Crippen LogP contribution in [-0.4, -0.2) is 252 Å². The molecule has 0 atom stereocenters. The first kappa shape index (κ1) is 79.1. The van der Waals surface area contributed by atoms with Gasteiger partial charge in [-0.05, 0) is 80.4 Å². The number of guanidine groups is 1. The Morgan fingerprint density at radius 2 is 1.19 bits per heavy atom. The second-order valence-corrected chi connectivity index (χ2v) is 24.3. The number of amidine groups is 1. The Bertz CT molecular complexity index is 3230. The van der Waals surface area contributed by atoms with Crippen LogP contribution in [0.15, 0.2) is 87.2 Å². The summed E-state index contributed by atoms with van der Waals surface area (Å²) in [4.78, 5) is 39.8. The first-order valence-corrected chi connectivity index (χ1v) is 33.8. The van der Waals surface area contributed by atoms with Crippen LogP contribution in [0.25, 0.3) is 17.2 Å². The molecule has 0 radical (unpaired) electrons. The number of amides is 1. The zero-order chi connectivity index (χ0) is 69.6. The number of nitrogens with zero attached hydrogens (tertiary/aromatic N) is 5. The highest BCUT2D eigenvalue weighted by Gasteiger charge is 2.37. The van der Waals surface area contributed by atoms with E-state index in [9.17, 15) is 35.6 Å². The van der Waals surface area contributed by atoms with Crippen molar-refractivity contribution in [1.82, 2.24) is 24.7 Å². The van der Waals surface area contributed by atoms with Crippen LogP contribution in [0.2, 0.25) is 0 Å². The highest BCUT2D eigenvalue weighted by molar-refractivity contribution is 7.89. The number of ether oxygens (including phenoxy) is 13. The number of hydrogen-bond acceptors (Lipinski definition) is 21. The van der Waals surface area contributed by atoms with Crippen LogP contribution in [0.5, 0.6) is 17.2 Å². The quantitative estimate of drug-likeness (QED) is 0.00805. The minimum atomic E-state index is -3.65. The lowest BCUT2D eigenvalue weighted by molar-refractivity contribution is -0.136. The van der Waals surface area contributed by atoms with E-state index in [0.29, 0.717) is 198 Å². The van der Waals surface area contributed by atoms with Crippen molar-refractivity contribution in [1.29, 1.82) is 0 Å². The maximum Gasteiger partial charge on any atom is 0.313 e. The summed E-state index contributed by atoms with van der Waals surface area (Å²) in [5.74, 6) is -7.44. The van der Waals surface area contributed by atoms with Crippen LogP contribution in [-0.2, 0) is 67.0 Å². The normalized spacial score (nSPS) is 13.6. The number of hydrogen-bond donors (Lipinski definition) is 3. The molecular weight excluding hydrogens is 1300 g/mol. The first-order valence-electron chi connectivity index (χ1n) is 32.3. The molecule has 25 nitrogen and oxygen atoms in total. The SMILES string of the molecule is CCCN(CCCN/C(=N/c1ccc(OC)cc1OC)NCCOCCOCCOCCOCCOCCOCCOCCOCCOCCOCCC(=O)Oc1c(F)c(F)cc(F)c1F)C(=O)C1=Cc2ccc(-c3cccc(S(=O)(=O)N4CC(CN(C)C)C4)c3)cc2N=C(N)C1. The summed E-state index contributed by atoms with van der Waals surface area (Å²) in [7, 11) is 3.47. The lowest BCUT2D eigenvalue weighted by Crippen LogP contribution is -2.52. The Labute approximate surface area is 565 Å². The molecule has 0 aromatic heterocycles. The van der Waals surface area contributed by atoms with Crippen molar-refractivity contribution in [3.8, 4) is 28.4 Å². The molecule has 4 aromatic rings. The van der Waals surface area contributed by atoms with Crippen LogP contribution >= 0.6 is 0 Å². The third-order valence-electron chi connectivity index (χ3n) is 14.5. The Morgan fingerprint density at radius 3 is 1.72 bits per heavy atom. The third-order valence-corrected chi connectivity index (χ3v) is 16.4. The molecule has 1 fully saturated rings. The summed E-state index contributed by atoms with van der Waals surface area (Å²) in [6.45, 7) is 12.3. The number of nitrogens with one attached hydrogen (secondary N) is 2. The van der Waals surface area contributed by atoms with Crippen molar-refractivity contribution < 1.29 is 97.1 Å². The maximum absolute atomic E-state index is 14.3. The van der Waals surface area contributed by atoms with Crippen molar-refractivity contribution in [3.05, 3.63) is 101 Å². The molecule has 1 saturated heterocycles. The van der Waals surface area contributed by atoms with Crippen molar-refractivity contribution in [2.75, 3.05) is 206 Å². The zero-order valence-corrected chi connectivity index (χ0v) is 56.9. The fourth-order valence-corrected chi connectivity index (χ4v) is 11.4. The molecule has 4 aromatic carbocycles. The van der Waals surface area contributed by atoms with Crippen LogP contribution < -0.4 is 30.6 Å². The summed E-state index contributed by atoms with van der Waals surface area (Å²) < 4.78 is 153. The van der Waals surface area contributed by atoms with E-state index in [4.69, 9.17) is 72.6 Å². The van der Waals surface area contributed by atoms with Crippen LogP contribution in [0.1, 0.15) is 38.2 Å². The maximum atomic E-state index is 14.3. The Kier molecular flexibility index (Phi) is 36.0. The molecule has 0 unspecified atom stereocenters. The molecule has 1 amide bonds. The van der Waals surface area contributed by atoms with Gasteiger partial charge in [-0.25, -0.2) is 27.2 Å². The topological polar surface area (TPSA) is 273 Å². The Morgan fingerprint density at radius 1 is 0.649 bits per heavy atom. The number of halogens is 4. The van der Waals surface area contributed by atoms with Crippen molar-refractivity contribution in [3.63, 3.8) is 0 Å². The molecule has 2 aliphatic heterocycles. The summed E-state index contributed by atoms with van der Waals surface area (Å²) >= 11 is 0.